The Kier molecular flexibility index (Phi) is 7.26. The van der Waals surface area contributed by atoms with Gasteiger partial charge in [-0.25, -0.2) is 8.42 Å². The number of hydrogen-bond donors (Lipinski definition) is 1. The fraction of sp³-hybridized carbons (Fsp3) is 0.333. The molecule has 2 amide bonds. The molecular weight excluding hydrogens is 461 g/mol. The largest absolute Gasteiger partial charge is 0.343 e. The van der Waals surface area contributed by atoms with Crippen molar-refractivity contribution in [3.8, 4) is 0 Å². The van der Waals surface area contributed by atoms with E-state index in [0.717, 1.165) is 11.1 Å². The fourth-order valence-electron chi connectivity index (χ4n) is 3.48. The number of benzene rings is 2. The Bertz CT molecular complexity index is 1090. The molecule has 1 saturated heterocycles. The van der Waals surface area contributed by atoms with E-state index in [1.54, 1.807) is 12.1 Å². The minimum absolute atomic E-state index is 0.0169. The quantitative estimate of drug-likeness (QED) is 0.707. The maximum absolute atomic E-state index is 12.9. The Morgan fingerprint density at radius 3 is 2.23 bits per heavy atom. The summed E-state index contributed by atoms with van der Waals surface area (Å²) in [5.74, 6) is -0.590. The van der Waals surface area contributed by atoms with Crippen LogP contribution in [0.1, 0.15) is 21.5 Å². The molecular formula is C21H23Cl2N3O4S. The normalized spacial score (nSPS) is 15.0. The zero-order valence-corrected chi connectivity index (χ0v) is 19.5. The van der Waals surface area contributed by atoms with E-state index in [1.165, 1.54) is 27.4 Å². The molecule has 0 spiro atoms. The van der Waals surface area contributed by atoms with E-state index in [-0.39, 0.29) is 59.5 Å². The summed E-state index contributed by atoms with van der Waals surface area (Å²) in [7, 11) is -3.83. The lowest BCUT2D eigenvalue weighted by molar-refractivity contribution is -0.131. The molecule has 10 heteroatoms. The number of nitrogens with zero attached hydrogens (tertiary/aromatic N) is 2. The van der Waals surface area contributed by atoms with Crippen molar-refractivity contribution in [2.75, 3.05) is 32.7 Å². The lowest BCUT2D eigenvalue weighted by atomic mass is 10.1. The van der Waals surface area contributed by atoms with Gasteiger partial charge < -0.3 is 10.2 Å². The minimum atomic E-state index is -3.83. The molecule has 2 aromatic carbocycles. The van der Waals surface area contributed by atoms with Crippen LogP contribution in [-0.2, 0) is 14.8 Å². The molecule has 0 unspecified atom stereocenters. The van der Waals surface area contributed by atoms with Gasteiger partial charge in [-0.15, -0.1) is 0 Å². The van der Waals surface area contributed by atoms with Crippen LogP contribution in [0.25, 0.3) is 0 Å². The van der Waals surface area contributed by atoms with Gasteiger partial charge in [0.1, 0.15) is 4.90 Å². The van der Waals surface area contributed by atoms with Crippen LogP contribution in [0, 0.1) is 13.8 Å². The van der Waals surface area contributed by atoms with Gasteiger partial charge in [-0.3, -0.25) is 9.59 Å². The Morgan fingerprint density at radius 1 is 1.00 bits per heavy atom. The number of halogens is 2. The summed E-state index contributed by atoms with van der Waals surface area (Å²) >= 11 is 12.0. The van der Waals surface area contributed by atoms with Crippen LogP contribution in [-0.4, -0.2) is 62.2 Å². The van der Waals surface area contributed by atoms with Crippen LogP contribution >= 0.6 is 23.2 Å². The second kappa shape index (κ2) is 9.56. The number of sulfonamides is 1. The van der Waals surface area contributed by atoms with Crippen LogP contribution in [0.5, 0.6) is 0 Å². The lowest BCUT2D eigenvalue weighted by Gasteiger charge is -2.34. The third-order valence-corrected chi connectivity index (χ3v) is 7.88. The van der Waals surface area contributed by atoms with Gasteiger partial charge in [-0.1, -0.05) is 46.5 Å². The second-order valence-corrected chi connectivity index (χ2v) is 10.1. The second-order valence-electron chi connectivity index (χ2n) is 7.40. The predicted octanol–water partition coefficient (Wildman–Crippen LogP) is 2.87. The van der Waals surface area contributed by atoms with Crippen molar-refractivity contribution in [1.29, 1.82) is 0 Å². The number of aryl methyl sites for hydroxylation is 2. The Labute approximate surface area is 192 Å². The van der Waals surface area contributed by atoms with Crippen molar-refractivity contribution in [2.45, 2.75) is 18.7 Å². The van der Waals surface area contributed by atoms with Crippen LogP contribution in [0.3, 0.4) is 0 Å². The highest BCUT2D eigenvalue weighted by atomic mass is 35.5. The number of nitrogens with one attached hydrogen (secondary N) is 1. The third kappa shape index (κ3) is 5.38. The first-order valence-corrected chi connectivity index (χ1v) is 11.9. The molecule has 3 rings (SSSR count). The molecule has 1 aliphatic heterocycles. The first-order valence-electron chi connectivity index (χ1n) is 9.68. The number of carbonyl (C=O) groups is 2. The molecule has 0 aliphatic carbocycles. The zero-order chi connectivity index (χ0) is 22.8. The van der Waals surface area contributed by atoms with Crippen molar-refractivity contribution in [3.63, 3.8) is 0 Å². The van der Waals surface area contributed by atoms with Gasteiger partial charge in [0, 0.05) is 31.7 Å². The van der Waals surface area contributed by atoms with Gasteiger partial charge in [0.15, 0.2) is 0 Å². The Balaban J connectivity index is 1.57. The summed E-state index contributed by atoms with van der Waals surface area (Å²) in [5.41, 5.74) is 2.43. The van der Waals surface area contributed by atoms with Crippen molar-refractivity contribution in [2.24, 2.45) is 0 Å². The third-order valence-electron chi connectivity index (χ3n) is 5.01. The van der Waals surface area contributed by atoms with Crippen molar-refractivity contribution in [1.82, 2.24) is 14.5 Å². The van der Waals surface area contributed by atoms with E-state index < -0.39 is 10.0 Å². The summed E-state index contributed by atoms with van der Waals surface area (Å²) in [6, 6.07) is 9.94. The van der Waals surface area contributed by atoms with Gasteiger partial charge in [-0.05, 0) is 38.1 Å². The van der Waals surface area contributed by atoms with Crippen molar-refractivity contribution in [3.05, 3.63) is 63.1 Å². The molecule has 2 aromatic rings. The Morgan fingerprint density at radius 2 is 1.61 bits per heavy atom. The van der Waals surface area contributed by atoms with Crippen LogP contribution in [0.15, 0.2) is 41.3 Å². The molecule has 7 nitrogen and oxygen atoms in total. The molecule has 1 N–H and O–H groups in total. The first-order chi connectivity index (χ1) is 14.6. The highest BCUT2D eigenvalue weighted by Crippen LogP contribution is 2.31. The molecule has 1 heterocycles. The Hall–Kier alpha value is -2.13. The maximum atomic E-state index is 12.9. The van der Waals surface area contributed by atoms with Gasteiger partial charge in [0.2, 0.25) is 15.9 Å². The van der Waals surface area contributed by atoms with E-state index in [2.05, 4.69) is 5.32 Å². The fourth-order valence-corrected chi connectivity index (χ4v) is 5.63. The molecule has 1 fully saturated rings. The van der Waals surface area contributed by atoms with E-state index >= 15 is 0 Å². The van der Waals surface area contributed by atoms with Crippen molar-refractivity contribution >= 4 is 45.0 Å². The smallest absolute Gasteiger partial charge is 0.251 e. The summed E-state index contributed by atoms with van der Waals surface area (Å²) in [5, 5.41) is 2.78. The molecule has 0 saturated carbocycles. The van der Waals surface area contributed by atoms with E-state index in [9.17, 15) is 18.0 Å². The van der Waals surface area contributed by atoms with Gasteiger partial charge in [-0.2, -0.15) is 4.31 Å². The molecule has 0 atom stereocenters. The van der Waals surface area contributed by atoms with Gasteiger partial charge >= 0.3 is 0 Å². The maximum Gasteiger partial charge on any atom is 0.251 e. The highest BCUT2D eigenvalue weighted by Gasteiger charge is 2.32. The number of hydrogen-bond acceptors (Lipinski definition) is 4. The summed E-state index contributed by atoms with van der Waals surface area (Å²) in [6.07, 6.45) is 0. The minimum Gasteiger partial charge on any atom is -0.343 e. The van der Waals surface area contributed by atoms with Crippen LogP contribution in [0.2, 0.25) is 10.0 Å². The first kappa shape index (κ1) is 23.5. The molecule has 0 radical (unpaired) electrons. The van der Waals surface area contributed by atoms with E-state index in [0.29, 0.717) is 5.56 Å². The average molecular weight is 484 g/mol. The summed E-state index contributed by atoms with van der Waals surface area (Å²) in [4.78, 5) is 26.3. The summed E-state index contributed by atoms with van der Waals surface area (Å²) < 4.78 is 27.1. The van der Waals surface area contributed by atoms with Gasteiger partial charge in [0.25, 0.3) is 5.91 Å². The van der Waals surface area contributed by atoms with E-state index in [4.69, 9.17) is 23.2 Å². The molecule has 1 aliphatic rings. The highest BCUT2D eigenvalue weighted by molar-refractivity contribution is 7.89. The van der Waals surface area contributed by atoms with Gasteiger partial charge in [0.05, 0.1) is 16.6 Å². The number of piperazine rings is 1. The molecule has 166 valence electrons. The topological polar surface area (TPSA) is 86.8 Å². The van der Waals surface area contributed by atoms with Crippen LogP contribution in [0.4, 0.5) is 0 Å². The number of rotatable bonds is 5. The molecule has 0 aromatic heterocycles. The predicted molar refractivity (Wildman–Crippen MR) is 120 cm³/mol. The summed E-state index contributed by atoms with van der Waals surface area (Å²) in [6.45, 7) is 4.34. The van der Waals surface area contributed by atoms with E-state index in [1.807, 2.05) is 19.9 Å². The van der Waals surface area contributed by atoms with Crippen molar-refractivity contribution < 1.29 is 18.0 Å². The average Bonchev–Trinajstić information content (AvgIpc) is 2.73. The standard InChI is InChI=1S/C21H23Cl2N3O4S/c1-14-10-15(2)12-16(11-14)21(28)24-13-19(27)25-6-8-26(9-7-25)31(29,30)18-5-3-4-17(22)20(18)23/h3-5,10-12H,6-9,13H2,1-2H3,(H,24,28). The zero-order valence-electron chi connectivity index (χ0n) is 17.2. The molecule has 31 heavy (non-hydrogen) atoms. The molecule has 0 bridgehead atoms. The van der Waals surface area contributed by atoms with Crippen LogP contribution < -0.4 is 5.32 Å². The monoisotopic (exact) mass is 483 g/mol. The lowest BCUT2D eigenvalue weighted by Crippen LogP contribution is -2.52. The SMILES string of the molecule is Cc1cc(C)cc(C(=O)NCC(=O)N2CCN(S(=O)(=O)c3cccc(Cl)c3Cl)CC2)c1. The number of carbonyl (C=O) groups excluding carboxylic acids is 2. The number of amides is 2.